The molecule has 2 heterocycles. The van der Waals surface area contributed by atoms with E-state index in [4.69, 9.17) is 9.72 Å². The number of hydrogen-bond donors (Lipinski definition) is 1. The number of anilines is 1. The van der Waals surface area contributed by atoms with Crippen LogP contribution in [0.3, 0.4) is 0 Å². The second kappa shape index (κ2) is 9.48. The molecule has 5 rings (SSSR count). The fourth-order valence-corrected chi connectivity index (χ4v) is 5.54. The van der Waals surface area contributed by atoms with Gasteiger partial charge in [-0.25, -0.2) is 4.98 Å². The molecule has 6 nitrogen and oxygen atoms in total. The van der Waals surface area contributed by atoms with E-state index in [0.717, 1.165) is 15.8 Å². The lowest BCUT2D eigenvalue weighted by molar-refractivity contribution is -0.132. The van der Waals surface area contributed by atoms with Gasteiger partial charge in [-0.05, 0) is 41.7 Å². The van der Waals surface area contributed by atoms with Crippen LogP contribution in [0.25, 0.3) is 16.0 Å². The third-order valence-electron chi connectivity index (χ3n) is 6.45. The molecule has 1 aliphatic heterocycles. The first-order valence-electron chi connectivity index (χ1n) is 12.2. The standard InChI is InChI=1S/C30H28N2O4S/c1-5-36-21-15-16-22-23(17-21)37-29(31-22)32-25(18-11-13-20(14-12-18)30(2,3)4)24(27(34)28(32)35)26(33)19-9-7-6-8-10-19/h6-17,25,33H,5H2,1-4H3. The molecule has 1 N–H and O–H groups in total. The lowest BCUT2D eigenvalue weighted by Gasteiger charge is -2.24. The van der Waals surface area contributed by atoms with E-state index >= 15 is 0 Å². The maximum absolute atomic E-state index is 13.5. The minimum Gasteiger partial charge on any atom is -0.507 e. The van der Waals surface area contributed by atoms with Crippen molar-refractivity contribution >= 4 is 44.1 Å². The Morgan fingerprint density at radius 1 is 1.03 bits per heavy atom. The summed E-state index contributed by atoms with van der Waals surface area (Å²) < 4.78 is 6.46. The van der Waals surface area contributed by atoms with Crippen molar-refractivity contribution in [3.05, 3.63) is 95.1 Å². The van der Waals surface area contributed by atoms with Crippen LogP contribution in [0, 0.1) is 0 Å². The molecule has 1 fully saturated rings. The number of fused-ring (bicyclic) bond motifs is 1. The highest BCUT2D eigenvalue weighted by atomic mass is 32.1. The number of Topliss-reactive ketones (excluding diaryl/α,β-unsaturated/α-hetero) is 1. The number of thiazole rings is 1. The van der Waals surface area contributed by atoms with Gasteiger partial charge in [0.05, 0.1) is 28.4 Å². The van der Waals surface area contributed by atoms with Crippen LogP contribution in [0.4, 0.5) is 5.13 Å². The number of hydrogen-bond acceptors (Lipinski definition) is 6. The van der Waals surface area contributed by atoms with Gasteiger partial charge in [-0.2, -0.15) is 0 Å². The lowest BCUT2D eigenvalue weighted by atomic mass is 9.85. The molecule has 3 aromatic carbocycles. The Hall–Kier alpha value is -3.97. The second-order valence-corrected chi connectivity index (χ2v) is 11.0. The molecule has 1 atom stereocenters. The number of carbonyl (C=O) groups excluding carboxylic acids is 2. The average Bonchev–Trinajstić information content (AvgIpc) is 3.41. The van der Waals surface area contributed by atoms with Crippen molar-refractivity contribution in [2.75, 3.05) is 11.5 Å². The van der Waals surface area contributed by atoms with Crippen molar-refractivity contribution in [2.24, 2.45) is 0 Å². The number of carbonyl (C=O) groups is 2. The van der Waals surface area contributed by atoms with Crippen LogP contribution < -0.4 is 9.64 Å². The molecular formula is C30H28N2O4S. The molecule has 0 saturated carbocycles. The summed E-state index contributed by atoms with van der Waals surface area (Å²) in [6, 6.07) is 21.4. The largest absolute Gasteiger partial charge is 0.507 e. The van der Waals surface area contributed by atoms with Crippen LogP contribution in [0.5, 0.6) is 5.75 Å². The van der Waals surface area contributed by atoms with E-state index < -0.39 is 17.7 Å². The summed E-state index contributed by atoms with van der Waals surface area (Å²) in [6.07, 6.45) is 0. The molecule has 188 valence electrons. The first-order chi connectivity index (χ1) is 17.7. The van der Waals surface area contributed by atoms with Crippen LogP contribution in [-0.4, -0.2) is 28.4 Å². The van der Waals surface area contributed by atoms with Crippen molar-refractivity contribution in [3.63, 3.8) is 0 Å². The Kier molecular flexibility index (Phi) is 6.33. The van der Waals surface area contributed by atoms with Crippen molar-refractivity contribution in [1.82, 2.24) is 4.98 Å². The normalized spacial score (nSPS) is 17.5. The topological polar surface area (TPSA) is 79.7 Å². The SMILES string of the molecule is CCOc1ccc2nc(N3C(=O)C(=O)C(=C(O)c4ccccc4)C3c3ccc(C(C)(C)C)cc3)sc2c1. The first-order valence-corrected chi connectivity index (χ1v) is 13.0. The van der Waals surface area contributed by atoms with Gasteiger partial charge >= 0.3 is 5.91 Å². The van der Waals surface area contributed by atoms with Crippen LogP contribution in [0.15, 0.2) is 78.4 Å². The van der Waals surface area contributed by atoms with E-state index in [1.165, 1.54) is 16.2 Å². The molecule has 0 aliphatic carbocycles. The summed E-state index contributed by atoms with van der Waals surface area (Å²) in [5, 5.41) is 11.7. The number of rotatable bonds is 5. The van der Waals surface area contributed by atoms with Gasteiger partial charge in [0.15, 0.2) is 5.13 Å². The Bertz CT molecular complexity index is 1510. The summed E-state index contributed by atoms with van der Waals surface area (Å²) in [5.41, 5.74) is 3.01. The molecule has 4 aromatic rings. The van der Waals surface area contributed by atoms with Crippen molar-refractivity contribution < 1.29 is 19.4 Å². The first kappa shape index (κ1) is 24.7. The highest BCUT2D eigenvalue weighted by Crippen LogP contribution is 2.45. The van der Waals surface area contributed by atoms with Crippen molar-refractivity contribution in [1.29, 1.82) is 0 Å². The molecule has 1 aromatic heterocycles. The second-order valence-electron chi connectivity index (χ2n) is 9.97. The maximum atomic E-state index is 13.5. The molecule has 1 amide bonds. The monoisotopic (exact) mass is 512 g/mol. The number of aliphatic hydroxyl groups is 1. The molecule has 0 bridgehead atoms. The zero-order valence-electron chi connectivity index (χ0n) is 21.2. The summed E-state index contributed by atoms with van der Waals surface area (Å²) in [7, 11) is 0. The Balaban J connectivity index is 1.69. The smallest absolute Gasteiger partial charge is 0.301 e. The Labute approximate surface area is 219 Å². The van der Waals surface area contributed by atoms with Gasteiger partial charge in [-0.1, -0.05) is 86.7 Å². The van der Waals surface area contributed by atoms with Gasteiger partial charge in [-0.15, -0.1) is 0 Å². The number of nitrogens with zero attached hydrogens (tertiary/aromatic N) is 2. The van der Waals surface area contributed by atoms with Gasteiger partial charge in [-0.3, -0.25) is 14.5 Å². The number of benzene rings is 3. The third kappa shape index (κ3) is 4.51. The van der Waals surface area contributed by atoms with E-state index in [2.05, 4.69) is 20.8 Å². The van der Waals surface area contributed by atoms with Gasteiger partial charge in [0.2, 0.25) is 0 Å². The maximum Gasteiger partial charge on any atom is 0.301 e. The van der Waals surface area contributed by atoms with Gasteiger partial charge in [0.25, 0.3) is 5.78 Å². The summed E-state index contributed by atoms with van der Waals surface area (Å²) in [6.45, 7) is 8.83. The minimum atomic E-state index is -0.818. The van der Waals surface area contributed by atoms with Crippen molar-refractivity contribution in [2.45, 2.75) is 39.2 Å². The third-order valence-corrected chi connectivity index (χ3v) is 7.47. The molecule has 37 heavy (non-hydrogen) atoms. The molecular weight excluding hydrogens is 484 g/mol. The number of aromatic nitrogens is 1. The minimum absolute atomic E-state index is 0.0500. The van der Waals surface area contributed by atoms with E-state index in [9.17, 15) is 14.7 Å². The highest BCUT2D eigenvalue weighted by molar-refractivity contribution is 7.22. The number of amides is 1. The summed E-state index contributed by atoms with van der Waals surface area (Å²) in [5.74, 6) is -0.941. The zero-order valence-corrected chi connectivity index (χ0v) is 22.0. The van der Waals surface area contributed by atoms with Crippen molar-refractivity contribution in [3.8, 4) is 5.75 Å². The molecule has 1 aliphatic rings. The van der Waals surface area contributed by atoms with Gasteiger partial charge in [0, 0.05) is 5.56 Å². The quantitative estimate of drug-likeness (QED) is 0.185. The van der Waals surface area contributed by atoms with Crippen LogP contribution in [0.2, 0.25) is 0 Å². The number of ketones is 1. The summed E-state index contributed by atoms with van der Waals surface area (Å²) in [4.78, 5) is 33.0. The number of ether oxygens (including phenoxy) is 1. The Morgan fingerprint density at radius 2 is 1.73 bits per heavy atom. The highest BCUT2D eigenvalue weighted by Gasteiger charge is 2.48. The average molecular weight is 513 g/mol. The molecule has 0 radical (unpaired) electrons. The molecule has 1 unspecified atom stereocenters. The van der Waals surface area contributed by atoms with Gasteiger partial charge < -0.3 is 9.84 Å². The number of aliphatic hydroxyl groups excluding tert-OH is 1. The molecule has 7 heteroatoms. The fourth-order valence-electron chi connectivity index (χ4n) is 4.51. The molecule has 1 saturated heterocycles. The van der Waals surface area contributed by atoms with Crippen LogP contribution in [-0.2, 0) is 15.0 Å². The predicted molar refractivity (Wildman–Crippen MR) is 147 cm³/mol. The Morgan fingerprint density at radius 3 is 2.38 bits per heavy atom. The van der Waals surface area contributed by atoms with Gasteiger partial charge in [0.1, 0.15) is 11.5 Å². The van der Waals surface area contributed by atoms with Crippen LogP contribution in [0.1, 0.15) is 50.4 Å². The fraction of sp³-hybridized carbons (Fsp3) is 0.233. The predicted octanol–water partition coefficient (Wildman–Crippen LogP) is 6.62. The van der Waals surface area contributed by atoms with Crippen LogP contribution >= 0.6 is 11.3 Å². The van der Waals surface area contributed by atoms with E-state index in [0.29, 0.717) is 28.6 Å². The van der Waals surface area contributed by atoms with E-state index in [1.54, 1.807) is 24.3 Å². The van der Waals surface area contributed by atoms with E-state index in [-0.39, 0.29) is 16.7 Å². The zero-order chi connectivity index (χ0) is 26.3. The summed E-state index contributed by atoms with van der Waals surface area (Å²) >= 11 is 1.31. The molecule has 0 spiro atoms. The lowest BCUT2D eigenvalue weighted by Crippen LogP contribution is -2.29. The van der Waals surface area contributed by atoms with E-state index in [1.807, 2.05) is 55.5 Å².